The van der Waals surface area contributed by atoms with Gasteiger partial charge in [-0.05, 0) is 30.5 Å². The Kier molecular flexibility index (Phi) is 6.42. The van der Waals surface area contributed by atoms with Crippen molar-refractivity contribution in [3.8, 4) is 16.8 Å². The van der Waals surface area contributed by atoms with Gasteiger partial charge >= 0.3 is 7.25 Å². The first-order valence-electron chi connectivity index (χ1n) is 8.60. The van der Waals surface area contributed by atoms with Gasteiger partial charge in [-0.15, -0.1) is 0 Å². The first kappa shape index (κ1) is 20.7. The number of para-hydroxylation sites is 1. The normalized spacial score (nSPS) is 11.0. The smallest absolute Gasteiger partial charge is 0.418 e. The molecule has 0 atom stereocenters. The van der Waals surface area contributed by atoms with E-state index in [1.54, 1.807) is 0 Å². The number of nitrogens with zero attached hydrogens (tertiary/aromatic N) is 1. The van der Waals surface area contributed by atoms with Crippen molar-refractivity contribution in [2.45, 2.75) is 27.7 Å². The lowest BCUT2D eigenvalue weighted by Gasteiger charge is -2.10. The average Bonchev–Trinajstić information content (AvgIpc) is 2.53. The Balaban J connectivity index is 0.000000465. The van der Waals surface area contributed by atoms with Gasteiger partial charge in [0.05, 0.1) is 0 Å². The molecule has 0 N–H and O–H groups in total. The molecular weight excluding hydrogens is 353 g/mol. The van der Waals surface area contributed by atoms with Crippen LogP contribution in [0.15, 0.2) is 60.7 Å². The first-order valence-corrected chi connectivity index (χ1v) is 8.60. The number of halogens is 4. The summed E-state index contributed by atoms with van der Waals surface area (Å²) in [5, 5.41) is 0. The maximum absolute atomic E-state index is 9.75. The molecule has 0 spiro atoms. The molecule has 0 aliphatic heterocycles. The molecule has 0 saturated carbocycles. The molecule has 3 aromatic rings. The van der Waals surface area contributed by atoms with Crippen molar-refractivity contribution in [2.75, 3.05) is 0 Å². The first-order chi connectivity index (χ1) is 12.6. The molecule has 1 heterocycles. The number of hydrogen-bond acceptors (Lipinski definition) is 0. The zero-order valence-corrected chi connectivity index (χ0v) is 15.8. The van der Waals surface area contributed by atoms with Crippen molar-refractivity contribution in [2.24, 2.45) is 0 Å². The quantitative estimate of drug-likeness (QED) is 0.287. The van der Waals surface area contributed by atoms with Crippen LogP contribution in [0.3, 0.4) is 0 Å². The molecular formula is C21H22BF4N. The van der Waals surface area contributed by atoms with Crippen molar-refractivity contribution in [1.82, 2.24) is 0 Å². The fourth-order valence-electron chi connectivity index (χ4n) is 3.18. The summed E-state index contributed by atoms with van der Waals surface area (Å²) in [6.07, 6.45) is 0. The molecule has 142 valence electrons. The SMILES string of the molecule is Cc1ccc(-c2cc(C)[n+](-c3ccccc3)c(C)c2)c(C)c1.F[B-](F)(F)F. The number of benzene rings is 2. The van der Waals surface area contributed by atoms with Crippen LogP contribution in [-0.2, 0) is 0 Å². The zero-order valence-electron chi connectivity index (χ0n) is 15.8. The topological polar surface area (TPSA) is 3.88 Å². The van der Waals surface area contributed by atoms with Crippen LogP contribution in [0.5, 0.6) is 0 Å². The second-order valence-corrected chi connectivity index (χ2v) is 6.51. The van der Waals surface area contributed by atoms with Crippen LogP contribution >= 0.6 is 0 Å². The Hall–Kier alpha value is -2.63. The van der Waals surface area contributed by atoms with E-state index in [2.05, 4.69) is 92.9 Å². The van der Waals surface area contributed by atoms with Gasteiger partial charge in [0.15, 0.2) is 11.4 Å². The van der Waals surface area contributed by atoms with Gasteiger partial charge in [-0.2, -0.15) is 4.57 Å². The van der Waals surface area contributed by atoms with Gasteiger partial charge in [-0.25, -0.2) is 0 Å². The van der Waals surface area contributed by atoms with E-state index in [0.29, 0.717) is 0 Å². The number of pyridine rings is 1. The molecule has 27 heavy (non-hydrogen) atoms. The second-order valence-electron chi connectivity index (χ2n) is 6.51. The van der Waals surface area contributed by atoms with Gasteiger partial charge in [-0.3, -0.25) is 0 Å². The number of aromatic nitrogens is 1. The third kappa shape index (κ3) is 5.95. The highest BCUT2D eigenvalue weighted by molar-refractivity contribution is 6.50. The van der Waals surface area contributed by atoms with Gasteiger partial charge < -0.3 is 17.3 Å². The van der Waals surface area contributed by atoms with Crippen LogP contribution in [0.25, 0.3) is 16.8 Å². The molecule has 0 fully saturated rings. The minimum absolute atomic E-state index is 1.21. The van der Waals surface area contributed by atoms with Gasteiger partial charge in [0.2, 0.25) is 5.69 Å². The molecule has 0 bridgehead atoms. The highest BCUT2D eigenvalue weighted by Crippen LogP contribution is 2.25. The third-order valence-corrected chi connectivity index (χ3v) is 4.14. The van der Waals surface area contributed by atoms with E-state index in [1.807, 2.05) is 0 Å². The maximum Gasteiger partial charge on any atom is 0.673 e. The largest absolute Gasteiger partial charge is 0.673 e. The van der Waals surface area contributed by atoms with Crippen LogP contribution in [0, 0.1) is 27.7 Å². The minimum atomic E-state index is -6.00. The summed E-state index contributed by atoms with van der Waals surface area (Å²) in [6.45, 7) is 8.67. The summed E-state index contributed by atoms with van der Waals surface area (Å²) >= 11 is 0. The molecule has 1 nitrogen and oxygen atoms in total. The predicted molar refractivity (Wildman–Crippen MR) is 103 cm³/mol. The molecule has 0 aliphatic rings. The minimum Gasteiger partial charge on any atom is -0.418 e. The zero-order chi connectivity index (χ0) is 20.2. The van der Waals surface area contributed by atoms with E-state index in [4.69, 9.17) is 0 Å². The van der Waals surface area contributed by atoms with E-state index in [-0.39, 0.29) is 0 Å². The van der Waals surface area contributed by atoms with Gasteiger partial charge in [0.1, 0.15) is 0 Å². The average molecular weight is 375 g/mol. The predicted octanol–water partition coefficient (Wildman–Crippen LogP) is 6.16. The molecule has 0 aliphatic carbocycles. The monoisotopic (exact) mass is 375 g/mol. The third-order valence-electron chi connectivity index (χ3n) is 4.14. The Morgan fingerprint density at radius 1 is 0.704 bits per heavy atom. The number of hydrogen-bond donors (Lipinski definition) is 0. The lowest BCUT2D eigenvalue weighted by molar-refractivity contribution is -0.609. The van der Waals surface area contributed by atoms with E-state index in [9.17, 15) is 17.3 Å². The standard InChI is InChI=1S/C21H22N.BF4/c1-15-10-11-21(16(2)12-15)19-13-17(3)22(18(4)14-19)20-8-6-5-7-9-20;2-1(3,4)5/h5-14H,1-4H3;/q+1;-1. The van der Waals surface area contributed by atoms with Crippen LogP contribution in [-0.4, -0.2) is 7.25 Å². The molecule has 1 aromatic heterocycles. The molecule has 0 unspecified atom stereocenters. The molecule has 3 rings (SSSR count). The maximum atomic E-state index is 9.75. The fourth-order valence-corrected chi connectivity index (χ4v) is 3.18. The van der Waals surface area contributed by atoms with Gasteiger partial charge in [-0.1, -0.05) is 42.0 Å². The molecule has 0 saturated heterocycles. The molecule has 2 aromatic carbocycles. The summed E-state index contributed by atoms with van der Waals surface area (Å²) in [6, 6.07) is 21.7. The Labute approximate surface area is 157 Å². The summed E-state index contributed by atoms with van der Waals surface area (Å²) in [4.78, 5) is 0. The molecule has 0 radical (unpaired) electrons. The Morgan fingerprint density at radius 2 is 1.22 bits per heavy atom. The van der Waals surface area contributed by atoms with Crippen molar-refractivity contribution in [3.63, 3.8) is 0 Å². The van der Waals surface area contributed by atoms with Crippen molar-refractivity contribution >= 4 is 7.25 Å². The summed E-state index contributed by atoms with van der Waals surface area (Å²) in [5.74, 6) is 0. The Bertz CT molecular complexity index is 892. The van der Waals surface area contributed by atoms with Crippen LogP contribution < -0.4 is 4.57 Å². The summed E-state index contributed by atoms with van der Waals surface area (Å²) < 4.78 is 41.3. The van der Waals surface area contributed by atoms with Crippen LogP contribution in [0.1, 0.15) is 22.5 Å². The van der Waals surface area contributed by atoms with E-state index in [1.165, 1.54) is 39.3 Å². The number of rotatable bonds is 2. The van der Waals surface area contributed by atoms with Crippen molar-refractivity contribution < 1.29 is 21.8 Å². The summed E-state index contributed by atoms with van der Waals surface area (Å²) in [7, 11) is -6.00. The van der Waals surface area contributed by atoms with Crippen molar-refractivity contribution in [3.05, 3.63) is 83.2 Å². The summed E-state index contributed by atoms with van der Waals surface area (Å²) in [5.41, 5.74) is 8.96. The lowest BCUT2D eigenvalue weighted by atomic mass is 9.98. The highest BCUT2D eigenvalue weighted by atomic mass is 19.5. The molecule has 0 amide bonds. The van der Waals surface area contributed by atoms with E-state index >= 15 is 0 Å². The number of aryl methyl sites for hydroxylation is 4. The van der Waals surface area contributed by atoms with Crippen LogP contribution in [0.4, 0.5) is 17.3 Å². The van der Waals surface area contributed by atoms with E-state index in [0.717, 1.165) is 0 Å². The highest BCUT2D eigenvalue weighted by Gasteiger charge is 2.20. The van der Waals surface area contributed by atoms with Gasteiger partial charge in [0, 0.05) is 38.1 Å². The van der Waals surface area contributed by atoms with Crippen LogP contribution in [0.2, 0.25) is 0 Å². The van der Waals surface area contributed by atoms with E-state index < -0.39 is 7.25 Å². The fraction of sp³-hybridized carbons (Fsp3) is 0.190. The van der Waals surface area contributed by atoms with Crippen molar-refractivity contribution in [1.29, 1.82) is 0 Å². The Morgan fingerprint density at radius 3 is 1.70 bits per heavy atom. The lowest BCUT2D eigenvalue weighted by Crippen LogP contribution is -2.37. The van der Waals surface area contributed by atoms with Gasteiger partial charge in [0.25, 0.3) is 0 Å². The molecule has 6 heteroatoms. The second kappa shape index (κ2) is 8.38.